The van der Waals surface area contributed by atoms with Crippen LogP contribution in [0, 0.1) is 0 Å². The number of hydrogen-bond acceptors (Lipinski definition) is 8. The summed E-state index contributed by atoms with van der Waals surface area (Å²) < 4.78 is 10.9. The number of amides is 2. The maximum Gasteiger partial charge on any atom is 0.319 e. The fourth-order valence-corrected chi connectivity index (χ4v) is 3.45. The third-order valence-electron chi connectivity index (χ3n) is 4.96. The van der Waals surface area contributed by atoms with Gasteiger partial charge in [-0.1, -0.05) is 12.1 Å². The van der Waals surface area contributed by atoms with Gasteiger partial charge in [0, 0.05) is 11.3 Å². The van der Waals surface area contributed by atoms with Gasteiger partial charge in [0.15, 0.2) is 5.78 Å². The number of aliphatic hydroxyl groups excluding tert-OH is 4. The SMILES string of the molecule is CC(=O)C1=C(C)NC(=O)NC1c1ccc(O[C@@H]2O[C@H](CO)[C@@H](O)[C@@H](O)[C@H]2O)cc1. The number of ether oxygens (including phenoxy) is 2. The Labute approximate surface area is 166 Å². The lowest BCUT2D eigenvalue weighted by atomic mass is 9.93. The standard InChI is InChI=1S/C19H24N2O8/c1-8-13(9(2)23)14(21-19(27)20-8)10-3-5-11(6-4-10)28-18-17(26)16(25)15(24)12(7-22)29-18/h3-6,12,14-18,22,24-26H,7H2,1-2H3,(H2,20,21,27)/t12-,14?,15-,16-,17-,18-/m1/s1. The van der Waals surface area contributed by atoms with Crippen LogP contribution in [-0.4, -0.2) is 69.6 Å². The highest BCUT2D eigenvalue weighted by Crippen LogP contribution is 2.30. The number of hydrogen-bond donors (Lipinski definition) is 6. The van der Waals surface area contributed by atoms with Crippen LogP contribution in [0.25, 0.3) is 0 Å². The van der Waals surface area contributed by atoms with E-state index in [1.54, 1.807) is 31.2 Å². The van der Waals surface area contributed by atoms with Crippen molar-refractivity contribution in [2.75, 3.05) is 6.61 Å². The Kier molecular flexibility index (Phi) is 6.20. The van der Waals surface area contributed by atoms with Gasteiger partial charge in [-0.05, 0) is 31.5 Å². The molecule has 1 fully saturated rings. The predicted molar refractivity (Wildman–Crippen MR) is 98.6 cm³/mol. The molecule has 0 radical (unpaired) electrons. The van der Waals surface area contributed by atoms with Gasteiger partial charge in [-0.15, -0.1) is 0 Å². The summed E-state index contributed by atoms with van der Waals surface area (Å²) in [7, 11) is 0. The molecule has 2 amide bonds. The Balaban J connectivity index is 1.77. The molecule has 2 aliphatic heterocycles. The number of carbonyl (C=O) groups is 2. The number of allylic oxidation sites excluding steroid dienone is 1. The molecule has 0 aliphatic carbocycles. The summed E-state index contributed by atoms with van der Waals surface area (Å²) in [6.07, 6.45) is -6.91. The monoisotopic (exact) mass is 408 g/mol. The van der Waals surface area contributed by atoms with E-state index in [-0.39, 0.29) is 11.5 Å². The maximum absolute atomic E-state index is 12.0. The molecule has 29 heavy (non-hydrogen) atoms. The Morgan fingerprint density at radius 2 is 1.79 bits per heavy atom. The highest BCUT2D eigenvalue weighted by Gasteiger charge is 2.44. The maximum atomic E-state index is 12.0. The minimum absolute atomic E-state index is 0.179. The summed E-state index contributed by atoms with van der Waals surface area (Å²) in [5.74, 6) is 0.102. The number of nitrogens with one attached hydrogen (secondary N) is 2. The van der Waals surface area contributed by atoms with E-state index in [9.17, 15) is 30.0 Å². The van der Waals surface area contributed by atoms with Gasteiger partial charge in [-0.25, -0.2) is 4.79 Å². The van der Waals surface area contributed by atoms with Crippen molar-refractivity contribution in [3.05, 3.63) is 41.1 Å². The molecular weight excluding hydrogens is 384 g/mol. The lowest BCUT2D eigenvalue weighted by molar-refractivity contribution is -0.277. The number of carbonyl (C=O) groups excluding carboxylic acids is 2. The number of ketones is 1. The molecule has 0 saturated carbocycles. The molecule has 10 heteroatoms. The molecule has 2 heterocycles. The minimum Gasteiger partial charge on any atom is -0.462 e. The van der Waals surface area contributed by atoms with Crippen molar-refractivity contribution < 1.29 is 39.5 Å². The molecule has 0 bridgehead atoms. The van der Waals surface area contributed by atoms with Crippen molar-refractivity contribution in [2.45, 2.75) is 50.6 Å². The lowest BCUT2D eigenvalue weighted by Gasteiger charge is -2.39. The molecule has 1 aromatic carbocycles. The van der Waals surface area contributed by atoms with Gasteiger partial charge >= 0.3 is 6.03 Å². The number of aliphatic hydroxyl groups is 4. The van der Waals surface area contributed by atoms with Gasteiger partial charge in [0.25, 0.3) is 0 Å². The van der Waals surface area contributed by atoms with Crippen LogP contribution in [0.4, 0.5) is 4.79 Å². The van der Waals surface area contributed by atoms with E-state index < -0.39 is 49.4 Å². The van der Waals surface area contributed by atoms with Crippen LogP contribution < -0.4 is 15.4 Å². The van der Waals surface area contributed by atoms with E-state index in [4.69, 9.17) is 9.47 Å². The molecule has 158 valence electrons. The van der Waals surface area contributed by atoms with Crippen molar-refractivity contribution in [1.82, 2.24) is 10.6 Å². The molecule has 1 saturated heterocycles. The zero-order chi connectivity index (χ0) is 21.3. The Morgan fingerprint density at radius 3 is 2.38 bits per heavy atom. The molecule has 0 spiro atoms. The average molecular weight is 408 g/mol. The summed E-state index contributed by atoms with van der Waals surface area (Å²) in [5, 5.41) is 44.2. The van der Waals surface area contributed by atoms with Crippen LogP contribution in [0.1, 0.15) is 25.5 Å². The molecule has 1 unspecified atom stereocenters. The summed E-state index contributed by atoms with van der Waals surface area (Å²) in [6.45, 7) is 2.51. The zero-order valence-electron chi connectivity index (χ0n) is 15.9. The quantitative estimate of drug-likeness (QED) is 0.365. The molecule has 6 N–H and O–H groups in total. The second kappa shape index (κ2) is 8.47. The first-order valence-corrected chi connectivity index (χ1v) is 9.09. The van der Waals surface area contributed by atoms with E-state index in [0.717, 1.165) is 0 Å². The number of rotatable bonds is 5. The van der Waals surface area contributed by atoms with Crippen LogP contribution in [-0.2, 0) is 9.53 Å². The first-order chi connectivity index (χ1) is 13.7. The normalized spacial score (nSPS) is 32.4. The van der Waals surface area contributed by atoms with E-state index in [1.165, 1.54) is 6.92 Å². The van der Waals surface area contributed by atoms with Gasteiger partial charge in [-0.3, -0.25) is 4.79 Å². The van der Waals surface area contributed by atoms with Crippen LogP contribution in [0.2, 0.25) is 0 Å². The molecule has 3 rings (SSSR count). The van der Waals surface area contributed by atoms with Crippen LogP contribution in [0.5, 0.6) is 5.75 Å². The van der Waals surface area contributed by atoms with E-state index >= 15 is 0 Å². The van der Waals surface area contributed by atoms with Gasteiger partial charge in [0.2, 0.25) is 6.29 Å². The lowest BCUT2D eigenvalue weighted by Crippen LogP contribution is -2.60. The van der Waals surface area contributed by atoms with Crippen LogP contribution in [0.3, 0.4) is 0 Å². The first-order valence-electron chi connectivity index (χ1n) is 9.09. The highest BCUT2D eigenvalue weighted by molar-refractivity contribution is 5.98. The third-order valence-corrected chi connectivity index (χ3v) is 4.96. The molecule has 2 aliphatic rings. The molecule has 6 atom stereocenters. The Morgan fingerprint density at radius 1 is 1.14 bits per heavy atom. The molecule has 10 nitrogen and oxygen atoms in total. The first kappa shape index (κ1) is 21.2. The summed E-state index contributed by atoms with van der Waals surface area (Å²) >= 11 is 0. The summed E-state index contributed by atoms with van der Waals surface area (Å²) in [4.78, 5) is 23.8. The summed E-state index contributed by atoms with van der Waals surface area (Å²) in [5.41, 5.74) is 1.56. The zero-order valence-corrected chi connectivity index (χ0v) is 15.9. The highest BCUT2D eigenvalue weighted by atomic mass is 16.7. The Hall–Kier alpha value is -2.50. The van der Waals surface area contributed by atoms with Crippen LogP contribution in [0.15, 0.2) is 35.5 Å². The second-order valence-electron chi connectivity index (χ2n) is 7.01. The topological polar surface area (TPSA) is 158 Å². The predicted octanol–water partition coefficient (Wildman–Crippen LogP) is -0.918. The number of Topliss-reactive ketones (excluding diaryl/α,β-unsaturated/α-hetero) is 1. The molecule has 0 aromatic heterocycles. The van der Waals surface area contributed by atoms with Gasteiger partial charge in [0.05, 0.1) is 12.6 Å². The van der Waals surface area contributed by atoms with E-state index in [0.29, 0.717) is 16.8 Å². The number of benzene rings is 1. The minimum atomic E-state index is -1.54. The van der Waals surface area contributed by atoms with Crippen molar-refractivity contribution in [3.63, 3.8) is 0 Å². The third kappa shape index (κ3) is 4.26. The van der Waals surface area contributed by atoms with Crippen molar-refractivity contribution >= 4 is 11.8 Å². The second-order valence-corrected chi connectivity index (χ2v) is 7.01. The van der Waals surface area contributed by atoms with Crippen molar-refractivity contribution in [3.8, 4) is 5.75 Å². The van der Waals surface area contributed by atoms with Crippen molar-refractivity contribution in [1.29, 1.82) is 0 Å². The van der Waals surface area contributed by atoms with E-state index in [1.807, 2.05) is 0 Å². The van der Waals surface area contributed by atoms with Gasteiger partial charge in [-0.2, -0.15) is 0 Å². The smallest absolute Gasteiger partial charge is 0.319 e. The molecule has 1 aromatic rings. The fourth-order valence-electron chi connectivity index (χ4n) is 3.45. The largest absolute Gasteiger partial charge is 0.462 e. The van der Waals surface area contributed by atoms with Gasteiger partial charge in [0.1, 0.15) is 30.2 Å². The number of urea groups is 1. The van der Waals surface area contributed by atoms with E-state index in [2.05, 4.69) is 10.6 Å². The van der Waals surface area contributed by atoms with Crippen LogP contribution >= 0.6 is 0 Å². The average Bonchev–Trinajstić information content (AvgIpc) is 2.68. The molecular formula is C19H24N2O8. The Bertz CT molecular complexity index is 807. The van der Waals surface area contributed by atoms with Crippen molar-refractivity contribution in [2.24, 2.45) is 0 Å². The summed E-state index contributed by atoms with van der Waals surface area (Å²) in [6, 6.07) is 5.36. The fraction of sp³-hybridized carbons (Fsp3) is 0.474. The van der Waals surface area contributed by atoms with Gasteiger partial charge < -0.3 is 40.5 Å².